The van der Waals surface area contributed by atoms with Gasteiger partial charge in [0.2, 0.25) is 0 Å². The zero-order valence-electron chi connectivity index (χ0n) is 9.91. The first-order chi connectivity index (χ1) is 9.37. The van der Waals surface area contributed by atoms with Crippen LogP contribution in [0.4, 0.5) is 0 Å². The lowest BCUT2D eigenvalue weighted by atomic mass is 10.1. The normalized spacial score (nSPS) is 40.5. The van der Waals surface area contributed by atoms with Crippen LogP contribution in [0.15, 0.2) is 21.9 Å². The number of hydrogen-bond acceptors (Lipinski definition) is 7. The van der Waals surface area contributed by atoms with Gasteiger partial charge in [-0.25, -0.2) is 9.36 Å². The smallest absolute Gasteiger partial charge is 0.388 e. The van der Waals surface area contributed by atoms with Gasteiger partial charge >= 0.3 is 13.5 Å². The largest absolute Gasteiger partial charge is 0.474 e. The molecule has 11 heteroatoms. The van der Waals surface area contributed by atoms with Crippen LogP contribution >= 0.6 is 7.82 Å². The van der Waals surface area contributed by atoms with Crippen LogP contribution in [0.1, 0.15) is 6.23 Å². The van der Waals surface area contributed by atoms with Crippen LogP contribution in [-0.4, -0.2) is 38.6 Å². The van der Waals surface area contributed by atoms with E-state index in [1.807, 2.05) is 4.98 Å². The first-order valence-corrected chi connectivity index (χ1v) is 7.18. The average Bonchev–Trinajstić information content (AvgIpc) is 2.64. The molecular formula is C9H11N2O8P. The number of nitrogens with zero attached hydrogens (tertiary/aromatic N) is 1. The molecule has 2 unspecified atom stereocenters. The minimum Gasteiger partial charge on any atom is -0.388 e. The Bertz CT molecular complexity index is 683. The number of phosphoric ester groups is 1. The summed E-state index contributed by atoms with van der Waals surface area (Å²) in [6.45, 7) is -0.242. The van der Waals surface area contributed by atoms with E-state index in [1.165, 1.54) is 0 Å². The first-order valence-electron chi connectivity index (χ1n) is 5.68. The summed E-state index contributed by atoms with van der Waals surface area (Å²) < 4.78 is 26.8. The molecule has 2 saturated heterocycles. The average molecular weight is 306 g/mol. The van der Waals surface area contributed by atoms with Gasteiger partial charge in [0, 0.05) is 12.3 Å². The number of aromatic nitrogens is 2. The molecule has 0 aromatic carbocycles. The highest BCUT2D eigenvalue weighted by Gasteiger charge is 2.52. The highest BCUT2D eigenvalue weighted by Crippen LogP contribution is 2.53. The fraction of sp³-hybridized carbons (Fsp3) is 0.556. The molecule has 0 amide bonds. The fourth-order valence-electron chi connectivity index (χ4n) is 2.17. The van der Waals surface area contributed by atoms with Crippen molar-refractivity contribution in [2.75, 3.05) is 6.61 Å². The van der Waals surface area contributed by atoms with Gasteiger partial charge in [0.05, 0.1) is 12.5 Å². The molecule has 10 nitrogen and oxygen atoms in total. The van der Waals surface area contributed by atoms with Crippen molar-refractivity contribution >= 4 is 7.82 Å². The predicted molar refractivity (Wildman–Crippen MR) is 61.6 cm³/mol. The van der Waals surface area contributed by atoms with Crippen molar-refractivity contribution in [3.63, 3.8) is 0 Å². The third kappa shape index (κ3) is 2.26. The molecule has 1 aromatic heterocycles. The van der Waals surface area contributed by atoms with Crippen molar-refractivity contribution in [3.8, 4) is 0 Å². The molecule has 0 spiro atoms. The summed E-state index contributed by atoms with van der Waals surface area (Å²) in [6, 6.07) is 1.09. The van der Waals surface area contributed by atoms with Gasteiger partial charge in [0.15, 0.2) is 12.5 Å². The number of aliphatic hydroxyl groups is 1. The molecule has 3 heterocycles. The van der Waals surface area contributed by atoms with E-state index in [1.54, 1.807) is 0 Å². The summed E-state index contributed by atoms with van der Waals surface area (Å²) in [4.78, 5) is 33.8. The van der Waals surface area contributed by atoms with E-state index >= 15 is 0 Å². The van der Waals surface area contributed by atoms with E-state index in [4.69, 9.17) is 9.26 Å². The van der Waals surface area contributed by atoms with Crippen molar-refractivity contribution in [2.45, 2.75) is 18.6 Å². The minimum atomic E-state index is -4.20. The van der Waals surface area contributed by atoms with Crippen LogP contribution in [0.5, 0.6) is 0 Å². The Balaban J connectivity index is 1.91. The van der Waals surface area contributed by atoms with Gasteiger partial charge in [-0.2, -0.15) is 0 Å². The van der Waals surface area contributed by atoms with E-state index in [0.717, 1.165) is 16.8 Å². The number of aliphatic hydroxyl groups excluding tert-OH is 1. The Hall–Kier alpha value is -1.29. The topological polar surface area (TPSA) is 140 Å². The summed E-state index contributed by atoms with van der Waals surface area (Å²) in [5, 5.41) is 10.1. The first kappa shape index (κ1) is 13.7. The maximum Gasteiger partial charge on any atom is 0.474 e. The second kappa shape index (κ2) is 4.62. The van der Waals surface area contributed by atoms with Crippen LogP contribution in [0.2, 0.25) is 0 Å². The van der Waals surface area contributed by atoms with Gasteiger partial charge in [0.25, 0.3) is 5.56 Å². The molecule has 3 rings (SSSR count). The Morgan fingerprint density at radius 2 is 2.20 bits per heavy atom. The quantitative estimate of drug-likeness (QED) is 0.533. The summed E-state index contributed by atoms with van der Waals surface area (Å²) in [7, 11) is -4.20. The maximum atomic E-state index is 11.6. The summed E-state index contributed by atoms with van der Waals surface area (Å²) in [6.07, 6.45) is -2.34. The van der Waals surface area contributed by atoms with E-state index in [0.29, 0.717) is 0 Å². The molecule has 2 aliphatic heterocycles. The zero-order chi connectivity index (χ0) is 14.5. The van der Waals surface area contributed by atoms with Crippen molar-refractivity contribution in [2.24, 2.45) is 5.92 Å². The molecule has 5 atom stereocenters. The third-order valence-electron chi connectivity index (χ3n) is 3.15. The van der Waals surface area contributed by atoms with Crippen molar-refractivity contribution in [1.29, 1.82) is 0 Å². The molecule has 2 fully saturated rings. The standard InChI is InChI=1S/C9H11N2O8P/c12-5-1-2-11(9(14)10-5)7-6(13)4-3-17-20(15,16)19-8(4)18-7/h1-2,4,6-8,13H,3H2,(H,15,16)(H,10,12,14)/t4-,6+,7+,8?/m0/s1. The van der Waals surface area contributed by atoms with Crippen LogP contribution < -0.4 is 11.2 Å². The molecule has 110 valence electrons. The molecular weight excluding hydrogens is 295 g/mol. The summed E-state index contributed by atoms with van der Waals surface area (Å²) in [5.41, 5.74) is -1.36. The van der Waals surface area contributed by atoms with E-state index in [-0.39, 0.29) is 6.61 Å². The highest BCUT2D eigenvalue weighted by atomic mass is 31.2. The molecule has 0 bridgehead atoms. The highest BCUT2D eigenvalue weighted by molar-refractivity contribution is 7.47. The second-order valence-corrected chi connectivity index (χ2v) is 5.84. The Kier molecular flexibility index (Phi) is 3.16. The lowest BCUT2D eigenvalue weighted by Gasteiger charge is -2.27. The number of aromatic amines is 1. The Morgan fingerprint density at radius 1 is 1.45 bits per heavy atom. The van der Waals surface area contributed by atoms with Gasteiger partial charge in [-0.3, -0.25) is 23.4 Å². The lowest BCUT2D eigenvalue weighted by Crippen LogP contribution is -2.37. The number of ether oxygens (including phenoxy) is 1. The van der Waals surface area contributed by atoms with Gasteiger partial charge in [-0.05, 0) is 0 Å². The fourth-order valence-corrected chi connectivity index (χ4v) is 3.06. The van der Waals surface area contributed by atoms with Crippen molar-refractivity contribution in [1.82, 2.24) is 9.55 Å². The van der Waals surface area contributed by atoms with E-state index in [9.17, 15) is 24.2 Å². The van der Waals surface area contributed by atoms with E-state index < -0.39 is 43.6 Å². The third-order valence-corrected chi connectivity index (χ3v) is 4.10. The Labute approximate surface area is 111 Å². The van der Waals surface area contributed by atoms with E-state index in [2.05, 4.69) is 4.52 Å². The van der Waals surface area contributed by atoms with Crippen molar-refractivity contribution < 1.29 is 28.3 Å². The summed E-state index contributed by atoms with van der Waals surface area (Å²) >= 11 is 0. The van der Waals surface area contributed by atoms with Crippen LogP contribution in [-0.2, 0) is 18.3 Å². The molecule has 3 N–H and O–H groups in total. The molecule has 20 heavy (non-hydrogen) atoms. The SMILES string of the molecule is O=c1ccn([C@@H]2OC3OP(=O)(O)OC[C@H]3[C@H]2O)c(=O)[nH]1. The van der Waals surface area contributed by atoms with Crippen molar-refractivity contribution in [3.05, 3.63) is 33.1 Å². The van der Waals surface area contributed by atoms with Crippen LogP contribution in [0, 0.1) is 5.92 Å². The second-order valence-electron chi connectivity index (χ2n) is 4.44. The molecule has 1 aromatic rings. The van der Waals surface area contributed by atoms with Gasteiger partial charge < -0.3 is 14.7 Å². The van der Waals surface area contributed by atoms with Gasteiger partial charge in [-0.1, -0.05) is 0 Å². The van der Waals surface area contributed by atoms with Crippen LogP contribution in [0.3, 0.4) is 0 Å². The predicted octanol–water partition coefficient (Wildman–Crippen LogP) is -1.48. The monoisotopic (exact) mass is 306 g/mol. The number of fused-ring (bicyclic) bond motifs is 1. The minimum absolute atomic E-state index is 0.242. The summed E-state index contributed by atoms with van der Waals surface area (Å²) in [5.74, 6) is -0.715. The Morgan fingerprint density at radius 3 is 2.90 bits per heavy atom. The number of phosphoric acid groups is 1. The molecule has 0 saturated carbocycles. The zero-order valence-corrected chi connectivity index (χ0v) is 10.8. The van der Waals surface area contributed by atoms with Crippen LogP contribution in [0.25, 0.3) is 0 Å². The lowest BCUT2D eigenvalue weighted by molar-refractivity contribution is -0.143. The molecule has 2 aliphatic rings. The maximum absolute atomic E-state index is 11.6. The number of rotatable bonds is 1. The van der Waals surface area contributed by atoms with Gasteiger partial charge in [-0.15, -0.1) is 0 Å². The number of nitrogens with one attached hydrogen (secondary N) is 1. The van der Waals surface area contributed by atoms with Gasteiger partial charge in [0.1, 0.15) is 6.10 Å². The number of H-pyrrole nitrogens is 1. The molecule has 0 aliphatic carbocycles. The molecule has 0 radical (unpaired) electrons. The number of hydrogen-bond donors (Lipinski definition) is 3.